The van der Waals surface area contributed by atoms with Gasteiger partial charge < -0.3 is 5.11 Å². The Morgan fingerprint density at radius 3 is 2.07 bits per heavy atom. The van der Waals surface area contributed by atoms with E-state index in [1.165, 1.54) is 55.1 Å². The molecular weight excluding hydrogens is 897 g/mol. The molecule has 0 atom stereocenters. The van der Waals surface area contributed by atoms with Crippen molar-refractivity contribution in [2.75, 3.05) is 0 Å². The van der Waals surface area contributed by atoms with Crippen molar-refractivity contribution in [1.82, 2.24) is 9.97 Å². The van der Waals surface area contributed by atoms with Crippen molar-refractivity contribution in [2.24, 2.45) is 22.7 Å². The smallest absolute Gasteiger partial charge is 0.162 e. The summed E-state index contributed by atoms with van der Waals surface area (Å²) in [5.74, 6) is 0.955. The molecule has 1 N–H and O–H groups in total. The van der Waals surface area contributed by atoms with Crippen LogP contribution in [-0.4, -0.2) is 20.9 Å². The van der Waals surface area contributed by atoms with Gasteiger partial charge in [-0.05, 0) is 88.5 Å². The van der Waals surface area contributed by atoms with Crippen LogP contribution in [0.25, 0.3) is 42.7 Å². The Bertz CT molecular complexity index is 2220. The van der Waals surface area contributed by atoms with Gasteiger partial charge in [0.15, 0.2) is 5.78 Å². The summed E-state index contributed by atoms with van der Waals surface area (Å²) in [5, 5.41) is 13.3. The van der Waals surface area contributed by atoms with Gasteiger partial charge in [-0.3, -0.25) is 9.78 Å². The Morgan fingerprint density at radius 2 is 1.49 bits per heavy atom. The number of hydrogen-bond acceptors (Lipinski definition) is 5. The number of thiophene rings is 1. The van der Waals surface area contributed by atoms with Crippen molar-refractivity contribution in [2.45, 2.75) is 147 Å². The van der Waals surface area contributed by atoms with Crippen LogP contribution in [0.1, 0.15) is 156 Å². The van der Waals surface area contributed by atoms with Crippen LogP contribution in [0.3, 0.4) is 0 Å². The zero-order valence-electron chi connectivity index (χ0n) is 37.2. The van der Waals surface area contributed by atoms with Gasteiger partial charge in [0.1, 0.15) is 11.2 Å². The molecule has 0 spiro atoms. The summed E-state index contributed by atoms with van der Waals surface area (Å²) in [7, 11) is 0. The van der Waals surface area contributed by atoms with Crippen LogP contribution in [0.15, 0.2) is 60.6 Å². The van der Waals surface area contributed by atoms with Crippen LogP contribution < -0.4 is 0 Å². The van der Waals surface area contributed by atoms with Crippen LogP contribution in [0.2, 0.25) is 0 Å². The molecule has 1 aliphatic carbocycles. The van der Waals surface area contributed by atoms with E-state index < -0.39 is 0 Å². The van der Waals surface area contributed by atoms with Gasteiger partial charge in [0.05, 0.1) is 5.76 Å². The fourth-order valence-corrected chi connectivity index (χ4v) is 10.1. The minimum atomic E-state index is -0.223. The molecule has 309 valence electrons. The molecule has 0 unspecified atom stereocenters. The third kappa shape index (κ3) is 10.2. The van der Waals surface area contributed by atoms with Crippen LogP contribution in [-0.2, 0) is 43.2 Å². The van der Waals surface area contributed by atoms with Crippen LogP contribution >= 0.6 is 11.3 Å². The first kappa shape index (κ1) is 46.5. The number of fused-ring (bicyclic) bond motifs is 3. The van der Waals surface area contributed by atoms with Crippen molar-refractivity contribution in [3.63, 3.8) is 0 Å². The third-order valence-electron chi connectivity index (χ3n) is 11.5. The van der Waals surface area contributed by atoms with Crippen LogP contribution in [0.5, 0.6) is 0 Å². The van der Waals surface area contributed by atoms with Crippen molar-refractivity contribution >= 4 is 38.1 Å². The summed E-state index contributed by atoms with van der Waals surface area (Å²) in [6, 6.07) is 19.7. The van der Waals surface area contributed by atoms with Gasteiger partial charge in [0.2, 0.25) is 0 Å². The number of aromatic nitrogens is 2. The Balaban J connectivity index is 0.000000385. The zero-order valence-corrected chi connectivity index (χ0v) is 40.4. The molecule has 2 aromatic heterocycles. The predicted octanol–water partition coefficient (Wildman–Crippen LogP) is 14.8. The largest absolute Gasteiger partial charge is 0.512 e. The number of hydrogen-bond donors (Lipinski definition) is 1. The molecule has 0 saturated carbocycles. The normalized spacial score (nSPS) is 13.9. The molecule has 57 heavy (non-hydrogen) atoms. The number of benzene rings is 3. The number of rotatable bonds is 11. The third-order valence-corrected chi connectivity index (χ3v) is 12.6. The molecule has 0 saturated heterocycles. The number of carbonyl (C=O) groups excluding carboxylic acids is 1. The minimum Gasteiger partial charge on any atom is -0.512 e. The van der Waals surface area contributed by atoms with E-state index in [4.69, 9.17) is 9.97 Å². The first-order valence-electron chi connectivity index (χ1n) is 21.1. The van der Waals surface area contributed by atoms with Gasteiger partial charge >= 0.3 is 0 Å². The van der Waals surface area contributed by atoms with Gasteiger partial charge in [-0.2, -0.15) is 0 Å². The van der Waals surface area contributed by atoms with E-state index in [1.807, 2.05) is 39.0 Å². The Kier molecular flexibility index (Phi) is 15.0. The van der Waals surface area contributed by atoms with Gasteiger partial charge in [-0.15, -0.1) is 34.9 Å². The van der Waals surface area contributed by atoms with Crippen molar-refractivity contribution in [3.8, 4) is 21.7 Å². The average molecular weight is 964 g/mol. The number of ketones is 1. The van der Waals surface area contributed by atoms with Crippen LogP contribution in [0, 0.1) is 28.7 Å². The first-order valence-corrected chi connectivity index (χ1v) is 21.9. The Hall–Kier alpha value is -3.18. The fourth-order valence-electron chi connectivity index (χ4n) is 8.75. The molecule has 2 heterocycles. The van der Waals surface area contributed by atoms with Gasteiger partial charge in [-0.1, -0.05) is 144 Å². The summed E-state index contributed by atoms with van der Waals surface area (Å²) in [4.78, 5) is 23.9. The second-order valence-electron chi connectivity index (χ2n) is 19.3. The molecule has 1 aliphatic rings. The maximum atomic E-state index is 11.7. The van der Waals surface area contributed by atoms with Crippen molar-refractivity contribution in [1.29, 1.82) is 0 Å². The monoisotopic (exact) mass is 964 g/mol. The molecule has 0 amide bonds. The molecule has 4 nitrogen and oxygen atoms in total. The molecule has 3 aromatic carbocycles. The first-order chi connectivity index (χ1) is 26.2. The number of nitrogens with zero attached hydrogens (tertiary/aromatic N) is 2. The fraction of sp³-hybridized carbons (Fsp3) is 0.510. The molecule has 6 rings (SSSR count). The maximum Gasteiger partial charge on any atom is 0.162 e. The number of carbonyl (C=O) groups is 1. The zero-order chi connectivity index (χ0) is 41.3. The summed E-state index contributed by atoms with van der Waals surface area (Å²) in [5.41, 5.74) is 10.8. The van der Waals surface area contributed by atoms with Gasteiger partial charge in [-0.25, -0.2) is 4.98 Å². The molecule has 6 heteroatoms. The van der Waals surface area contributed by atoms with E-state index in [1.54, 1.807) is 6.33 Å². The van der Waals surface area contributed by atoms with E-state index in [0.29, 0.717) is 5.92 Å². The second-order valence-corrected chi connectivity index (χ2v) is 20.3. The second kappa shape index (κ2) is 18.4. The van der Waals surface area contributed by atoms with Crippen molar-refractivity contribution < 1.29 is 30.0 Å². The van der Waals surface area contributed by atoms with Crippen LogP contribution in [0.4, 0.5) is 0 Å². The number of aliphatic hydroxyl groups excluding tert-OH is 1. The summed E-state index contributed by atoms with van der Waals surface area (Å²) in [6.07, 6.45) is 8.76. The number of allylic oxidation sites excluding steroid dienone is 2. The predicted molar refractivity (Wildman–Crippen MR) is 241 cm³/mol. The molecular formula is C51H67IrN2O2S-. The quantitative estimate of drug-likeness (QED) is 0.0814. The molecule has 0 aliphatic heterocycles. The van der Waals surface area contributed by atoms with Gasteiger partial charge in [0, 0.05) is 54.0 Å². The molecule has 0 bridgehead atoms. The number of aliphatic hydroxyl groups is 1. The topological polar surface area (TPSA) is 63.1 Å². The molecule has 0 fully saturated rings. The molecule has 5 aromatic rings. The standard InChI is InChI=1S/C38H43N2S.C13H24O2.Ir/c1-22(2)30-26(20-37(6,7)8)15-23(19-36(3,4)5)16-28(30)34-32-31-33(39-21-40-35(31)41-34)27-17-24-13-11-12-14-25(24)18-29(27)38(32,9)10;1-5-10(6-2)12(14)9-13(15)11(7-3)8-4;/h11-16,18,21-22H,19-20H2,1-10H3;9-11,14H,5-8H2,1-4H3;/q-1;;/b;12-9-;. The Labute approximate surface area is 361 Å². The van der Waals surface area contributed by atoms with Gasteiger partial charge in [0.25, 0.3) is 0 Å². The van der Waals surface area contributed by atoms with E-state index in [-0.39, 0.29) is 59.7 Å². The maximum absolute atomic E-state index is 11.7. The van der Waals surface area contributed by atoms with E-state index >= 15 is 0 Å². The molecule has 1 radical (unpaired) electrons. The Morgan fingerprint density at radius 1 is 0.877 bits per heavy atom. The minimum absolute atomic E-state index is 0. The SMILES string of the molecule is CC(C)c1c(CC(C)(C)C)cc(CC(C)(C)C)cc1-c1sc2ncnc3c2c1C(C)(C)c1cc2ccccc2[c-]c1-3.CCC(CC)C(=O)/C=C(\O)C(CC)CC.[Ir]. The van der Waals surface area contributed by atoms with Crippen molar-refractivity contribution in [3.05, 3.63) is 94.5 Å². The van der Waals surface area contributed by atoms with E-state index in [2.05, 4.69) is 118 Å². The van der Waals surface area contributed by atoms with E-state index in [9.17, 15) is 9.90 Å². The average Bonchev–Trinajstić information content (AvgIpc) is 3.51. The van der Waals surface area contributed by atoms with E-state index in [0.717, 1.165) is 60.0 Å². The summed E-state index contributed by atoms with van der Waals surface area (Å²) < 4.78 is 0. The summed E-state index contributed by atoms with van der Waals surface area (Å²) in [6.45, 7) is 31.7. The summed E-state index contributed by atoms with van der Waals surface area (Å²) >= 11 is 1.85.